The van der Waals surface area contributed by atoms with Crippen LogP contribution in [0.25, 0.3) is 0 Å². The minimum atomic E-state index is 0. The number of nitrogens with one attached hydrogen (secondary N) is 2. The van der Waals surface area contributed by atoms with Crippen molar-refractivity contribution >= 4 is 35.6 Å². The summed E-state index contributed by atoms with van der Waals surface area (Å²) in [6, 6.07) is 12.5. The number of aromatic amines is 1. The van der Waals surface area contributed by atoms with Crippen LogP contribution >= 0.6 is 24.0 Å². The molecule has 0 atom stereocenters. The van der Waals surface area contributed by atoms with E-state index in [4.69, 9.17) is 0 Å². The van der Waals surface area contributed by atoms with Gasteiger partial charge in [0.1, 0.15) is 0 Å². The minimum absolute atomic E-state index is 0. The van der Waals surface area contributed by atoms with Crippen LogP contribution in [0, 0.1) is 0 Å². The number of piperazine rings is 1. The molecule has 2 N–H and O–H groups in total. The molecule has 1 aliphatic heterocycles. The lowest BCUT2D eigenvalue weighted by Crippen LogP contribution is -2.52. The Morgan fingerprint density at radius 2 is 1.91 bits per heavy atom. The monoisotopic (exact) mass is 426 g/mol. The standard InChI is InChI=1S/C16H22N6.HI/c1-17-16(18-13-14-7-8-19-20-14)22-11-9-21(10-12-22)15-5-3-2-4-6-15;/h2-8H,9-13H2,1H3,(H,17,18)(H,19,20);1H. The Morgan fingerprint density at radius 3 is 2.52 bits per heavy atom. The van der Waals surface area contributed by atoms with Crippen LogP contribution in [0.2, 0.25) is 0 Å². The van der Waals surface area contributed by atoms with E-state index in [0.29, 0.717) is 6.54 Å². The Morgan fingerprint density at radius 1 is 1.17 bits per heavy atom. The first-order chi connectivity index (χ1) is 10.9. The molecule has 2 heterocycles. The molecular formula is C16H23IN6. The van der Waals surface area contributed by atoms with E-state index in [9.17, 15) is 0 Å². The quantitative estimate of drug-likeness (QED) is 0.448. The fraction of sp³-hybridized carbons (Fsp3) is 0.375. The molecule has 0 aliphatic carbocycles. The minimum Gasteiger partial charge on any atom is -0.368 e. The van der Waals surface area contributed by atoms with Crippen molar-refractivity contribution in [3.63, 3.8) is 0 Å². The van der Waals surface area contributed by atoms with Crippen molar-refractivity contribution in [2.45, 2.75) is 6.54 Å². The van der Waals surface area contributed by atoms with Crippen LogP contribution in [0.5, 0.6) is 0 Å². The van der Waals surface area contributed by atoms with Crippen molar-refractivity contribution in [1.82, 2.24) is 20.4 Å². The number of aromatic nitrogens is 2. The Balaban J connectivity index is 0.00000192. The Hall–Kier alpha value is -1.77. The van der Waals surface area contributed by atoms with Crippen molar-refractivity contribution in [2.24, 2.45) is 4.99 Å². The van der Waals surface area contributed by atoms with Crippen molar-refractivity contribution in [2.75, 3.05) is 38.1 Å². The summed E-state index contributed by atoms with van der Waals surface area (Å²) in [5.74, 6) is 0.947. The second-order valence-corrected chi connectivity index (χ2v) is 5.29. The molecule has 0 saturated carbocycles. The lowest BCUT2D eigenvalue weighted by Gasteiger charge is -2.37. The summed E-state index contributed by atoms with van der Waals surface area (Å²) in [4.78, 5) is 9.10. The average Bonchev–Trinajstić information content (AvgIpc) is 3.10. The molecule has 0 amide bonds. The van der Waals surface area contributed by atoms with E-state index in [-0.39, 0.29) is 24.0 Å². The maximum Gasteiger partial charge on any atom is 0.194 e. The highest BCUT2D eigenvalue weighted by molar-refractivity contribution is 14.0. The lowest BCUT2D eigenvalue weighted by atomic mass is 10.2. The van der Waals surface area contributed by atoms with E-state index >= 15 is 0 Å². The van der Waals surface area contributed by atoms with Crippen LogP contribution in [-0.4, -0.2) is 54.3 Å². The van der Waals surface area contributed by atoms with Gasteiger partial charge in [0, 0.05) is 45.1 Å². The van der Waals surface area contributed by atoms with Crippen LogP contribution < -0.4 is 10.2 Å². The van der Waals surface area contributed by atoms with Crippen molar-refractivity contribution in [1.29, 1.82) is 0 Å². The van der Waals surface area contributed by atoms with E-state index in [2.05, 4.69) is 60.6 Å². The molecule has 1 aromatic carbocycles. The van der Waals surface area contributed by atoms with Crippen molar-refractivity contribution < 1.29 is 0 Å². The van der Waals surface area contributed by atoms with E-state index in [1.165, 1.54) is 5.69 Å². The first-order valence-electron chi connectivity index (χ1n) is 7.60. The molecule has 6 nitrogen and oxygen atoms in total. The zero-order chi connectivity index (χ0) is 15.2. The normalized spacial score (nSPS) is 15.3. The van der Waals surface area contributed by atoms with Crippen molar-refractivity contribution in [3.8, 4) is 0 Å². The number of halogens is 1. The predicted octanol–water partition coefficient (Wildman–Crippen LogP) is 1.93. The molecule has 1 aliphatic rings. The number of guanidine groups is 1. The zero-order valence-electron chi connectivity index (χ0n) is 13.3. The molecule has 1 fully saturated rings. The van der Waals surface area contributed by atoms with Gasteiger partial charge in [0.25, 0.3) is 0 Å². The average molecular weight is 426 g/mol. The second kappa shape index (κ2) is 8.76. The Labute approximate surface area is 154 Å². The summed E-state index contributed by atoms with van der Waals surface area (Å²) in [5, 5.41) is 10.3. The van der Waals surface area contributed by atoms with E-state index in [1.54, 1.807) is 6.20 Å². The molecule has 124 valence electrons. The Bertz CT molecular complexity index is 590. The number of anilines is 1. The fourth-order valence-electron chi connectivity index (χ4n) is 2.70. The summed E-state index contributed by atoms with van der Waals surface area (Å²) in [5.41, 5.74) is 2.35. The first-order valence-corrected chi connectivity index (χ1v) is 7.60. The fourth-order valence-corrected chi connectivity index (χ4v) is 2.70. The van der Waals surface area contributed by atoms with E-state index < -0.39 is 0 Å². The summed E-state index contributed by atoms with van der Waals surface area (Å²) >= 11 is 0. The Kier molecular flexibility index (Phi) is 6.69. The maximum atomic E-state index is 4.39. The largest absolute Gasteiger partial charge is 0.368 e. The summed E-state index contributed by atoms with van der Waals surface area (Å²) in [6.45, 7) is 4.67. The van der Waals surface area contributed by atoms with Crippen LogP contribution in [0.3, 0.4) is 0 Å². The number of H-pyrrole nitrogens is 1. The number of para-hydroxylation sites is 1. The summed E-state index contributed by atoms with van der Waals surface area (Å²) < 4.78 is 0. The van der Waals surface area contributed by atoms with Gasteiger partial charge in [-0.05, 0) is 18.2 Å². The first kappa shape index (κ1) is 17.6. The molecule has 23 heavy (non-hydrogen) atoms. The smallest absolute Gasteiger partial charge is 0.194 e. The number of aliphatic imine (C=N–C) groups is 1. The molecule has 2 aromatic rings. The SMILES string of the molecule is CN=C(NCc1ccn[nH]1)N1CCN(c2ccccc2)CC1.I. The molecule has 0 unspecified atom stereocenters. The number of nitrogens with zero attached hydrogens (tertiary/aromatic N) is 4. The van der Waals surface area contributed by atoms with Crippen molar-refractivity contribution in [3.05, 3.63) is 48.3 Å². The number of hydrogen-bond donors (Lipinski definition) is 2. The maximum absolute atomic E-state index is 4.39. The van der Waals surface area contributed by atoms with Gasteiger partial charge in [-0.3, -0.25) is 10.1 Å². The van der Waals surface area contributed by atoms with E-state index in [0.717, 1.165) is 37.8 Å². The molecule has 0 radical (unpaired) electrons. The van der Waals surface area contributed by atoms with Gasteiger partial charge in [0.15, 0.2) is 5.96 Å². The highest BCUT2D eigenvalue weighted by Gasteiger charge is 2.19. The zero-order valence-corrected chi connectivity index (χ0v) is 15.6. The third-order valence-corrected chi connectivity index (χ3v) is 3.91. The summed E-state index contributed by atoms with van der Waals surface area (Å²) in [7, 11) is 1.83. The van der Waals surface area contributed by atoms with Gasteiger partial charge in [0.2, 0.25) is 0 Å². The van der Waals surface area contributed by atoms with Gasteiger partial charge in [0.05, 0.1) is 12.2 Å². The predicted molar refractivity (Wildman–Crippen MR) is 104 cm³/mol. The van der Waals surface area contributed by atoms with Crippen LogP contribution in [0.15, 0.2) is 47.6 Å². The van der Waals surface area contributed by atoms with Gasteiger partial charge >= 0.3 is 0 Å². The molecule has 7 heteroatoms. The second-order valence-electron chi connectivity index (χ2n) is 5.29. The number of hydrogen-bond acceptors (Lipinski definition) is 3. The van der Waals surface area contributed by atoms with Crippen LogP contribution in [0.1, 0.15) is 5.69 Å². The summed E-state index contributed by atoms with van der Waals surface area (Å²) in [6.07, 6.45) is 1.76. The lowest BCUT2D eigenvalue weighted by molar-refractivity contribution is 0.372. The van der Waals surface area contributed by atoms with E-state index in [1.807, 2.05) is 13.1 Å². The molecular weight excluding hydrogens is 403 g/mol. The molecule has 0 spiro atoms. The van der Waals surface area contributed by atoms with Gasteiger partial charge < -0.3 is 15.1 Å². The number of rotatable bonds is 3. The van der Waals surface area contributed by atoms with Crippen LogP contribution in [0.4, 0.5) is 5.69 Å². The van der Waals surface area contributed by atoms with Crippen LogP contribution in [-0.2, 0) is 6.54 Å². The molecule has 3 rings (SSSR count). The molecule has 0 bridgehead atoms. The van der Waals surface area contributed by atoms with Gasteiger partial charge in [-0.1, -0.05) is 18.2 Å². The van der Waals surface area contributed by atoms with Gasteiger partial charge in [-0.15, -0.1) is 24.0 Å². The number of benzene rings is 1. The third-order valence-electron chi connectivity index (χ3n) is 3.91. The third kappa shape index (κ3) is 4.60. The highest BCUT2D eigenvalue weighted by atomic mass is 127. The van der Waals surface area contributed by atoms with Gasteiger partial charge in [-0.25, -0.2) is 0 Å². The highest BCUT2D eigenvalue weighted by Crippen LogP contribution is 2.15. The molecule has 1 aromatic heterocycles. The molecule has 1 saturated heterocycles. The topological polar surface area (TPSA) is 59.6 Å². The van der Waals surface area contributed by atoms with Gasteiger partial charge in [-0.2, -0.15) is 5.10 Å².